The highest BCUT2D eigenvalue weighted by Gasteiger charge is 1.99. The van der Waals surface area contributed by atoms with Gasteiger partial charge >= 0.3 is 0 Å². The van der Waals surface area contributed by atoms with Crippen LogP contribution in [0.2, 0.25) is 0 Å². The highest BCUT2D eigenvalue weighted by molar-refractivity contribution is 14.1. The Balaban J connectivity index is 2.08. The zero-order valence-corrected chi connectivity index (χ0v) is 11.9. The number of anilines is 2. The van der Waals surface area contributed by atoms with Gasteiger partial charge in [0.05, 0.1) is 0 Å². The van der Waals surface area contributed by atoms with Gasteiger partial charge in [0.2, 0.25) is 0 Å². The van der Waals surface area contributed by atoms with E-state index in [4.69, 9.17) is 5.73 Å². The Kier molecular flexibility index (Phi) is 3.89. The molecular weight excluding hydrogens is 323 g/mol. The molecule has 0 heterocycles. The zero-order valence-electron chi connectivity index (χ0n) is 9.70. The van der Waals surface area contributed by atoms with E-state index in [2.05, 4.69) is 53.0 Å². The van der Waals surface area contributed by atoms with E-state index in [-0.39, 0.29) is 0 Å². The van der Waals surface area contributed by atoms with Gasteiger partial charge in [-0.2, -0.15) is 0 Å². The average molecular weight is 338 g/mol. The van der Waals surface area contributed by atoms with E-state index in [0.717, 1.165) is 23.5 Å². The predicted molar refractivity (Wildman–Crippen MR) is 82.1 cm³/mol. The van der Waals surface area contributed by atoms with Gasteiger partial charge in [-0.3, -0.25) is 0 Å². The van der Waals surface area contributed by atoms with Crippen LogP contribution in [0.15, 0.2) is 42.5 Å². The van der Waals surface area contributed by atoms with Gasteiger partial charge in [-0.15, -0.1) is 0 Å². The number of hydrogen-bond donors (Lipinski definition) is 2. The molecule has 2 rings (SSSR count). The van der Waals surface area contributed by atoms with Crippen molar-refractivity contribution in [1.29, 1.82) is 0 Å². The number of benzene rings is 2. The summed E-state index contributed by atoms with van der Waals surface area (Å²) in [6.45, 7) is 2.87. The number of hydrogen-bond acceptors (Lipinski definition) is 2. The molecule has 2 aromatic carbocycles. The fraction of sp³-hybridized carbons (Fsp3) is 0.143. The topological polar surface area (TPSA) is 38.0 Å². The van der Waals surface area contributed by atoms with Crippen LogP contribution >= 0.6 is 22.6 Å². The minimum atomic E-state index is 0.756. The molecule has 0 radical (unpaired) electrons. The molecule has 17 heavy (non-hydrogen) atoms. The standard InChI is InChI=1S/C14H15IN2/c1-10-6-7-12(8-13(10)15)17-9-11-4-2-3-5-14(11)16/h2-8,17H,9,16H2,1H3. The minimum Gasteiger partial charge on any atom is -0.398 e. The predicted octanol–water partition coefficient (Wildman–Crippen LogP) is 3.79. The molecule has 2 nitrogen and oxygen atoms in total. The van der Waals surface area contributed by atoms with Crippen molar-refractivity contribution in [3.8, 4) is 0 Å². The summed E-state index contributed by atoms with van der Waals surface area (Å²) >= 11 is 2.35. The van der Waals surface area contributed by atoms with Crippen molar-refractivity contribution in [1.82, 2.24) is 0 Å². The first kappa shape index (κ1) is 12.2. The fourth-order valence-electron chi connectivity index (χ4n) is 1.60. The van der Waals surface area contributed by atoms with Gasteiger partial charge in [0, 0.05) is 21.5 Å². The summed E-state index contributed by atoms with van der Waals surface area (Å²) in [4.78, 5) is 0. The Morgan fingerprint density at radius 3 is 2.65 bits per heavy atom. The van der Waals surface area contributed by atoms with Crippen molar-refractivity contribution in [3.05, 3.63) is 57.2 Å². The summed E-state index contributed by atoms with van der Waals surface area (Å²) in [5.41, 5.74) is 10.3. The SMILES string of the molecule is Cc1ccc(NCc2ccccc2N)cc1I. The molecule has 3 N–H and O–H groups in total. The molecular formula is C14H15IN2. The summed E-state index contributed by atoms with van der Waals surface area (Å²) in [5, 5.41) is 3.39. The first-order valence-electron chi connectivity index (χ1n) is 5.50. The van der Waals surface area contributed by atoms with Gasteiger partial charge in [0.1, 0.15) is 0 Å². The number of halogens is 1. The van der Waals surface area contributed by atoms with Gasteiger partial charge in [-0.1, -0.05) is 24.3 Å². The molecule has 0 aliphatic rings. The Morgan fingerprint density at radius 2 is 1.94 bits per heavy atom. The van der Waals surface area contributed by atoms with Crippen LogP contribution in [0.4, 0.5) is 11.4 Å². The second-order valence-electron chi connectivity index (χ2n) is 4.02. The van der Waals surface area contributed by atoms with Crippen molar-refractivity contribution in [2.24, 2.45) is 0 Å². The Bertz CT molecular complexity index is 523. The first-order chi connectivity index (χ1) is 8.16. The molecule has 88 valence electrons. The molecule has 0 aliphatic carbocycles. The van der Waals surface area contributed by atoms with Crippen molar-refractivity contribution in [3.63, 3.8) is 0 Å². The smallest absolute Gasteiger partial charge is 0.0421 e. The number of para-hydroxylation sites is 1. The third-order valence-electron chi connectivity index (χ3n) is 2.71. The number of aryl methyl sites for hydroxylation is 1. The van der Waals surface area contributed by atoms with Crippen LogP contribution in [0.3, 0.4) is 0 Å². The van der Waals surface area contributed by atoms with Crippen LogP contribution in [0, 0.1) is 10.5 Å². The molecule has 0 atom stereocenters. The van der Waals surface area contributed by atoms with Crippen molar-refractivity contribution in [2.45, 2.75) is 13.5 Å². The van der Waals surface area contributed by atoms with Crippen LogP contribution in [-0.2, 0) is 6.54 Å². The Labute approximate surface area is 115 Å². The molecule has 0 aliphatic heterocycles. The Hall–Kier alpha value is -1.23. The lowest BCUT2D eigenvalue weighted by Crippen LogP contribution is -2.02. The third kappa shape index (κ3) is 3.12. The molecule has 0 saturated heterocycles. The first-order valence-corrected chi connectivity index (χ1v) is 6.58. The van der Waals surface area contributed by atoms with Crippen LogP contribution in [0.1, 0.15) is 11.1 Å². The maximum Gasteiger partial charge on any atom is 0.0421 e. The highest BCUT2D eigenvalue weighted by atomic mass is 127. The largest absolute Gasteiger partial charge is 0.398 e. The molecule has 0 amide bonds. The molecule has 2 aromatic rings. The van der Waals surface area contributed by atoms with Gasteiger partial charge in [0.25, 0.3) is 0 Å². The monoisotopic (exact) mass is 338 g/mol. The normalized spacial score (nSPS) is 10.2. The third-order valence-corrected chi connectivity index (χ3v) is 3.87. The highest BCUT2D eigenvalue weighted by Crippen LogP contribution is 2.18. The molecule has 3 heteroatoms. The molecule has 0 saturated carbocycles. The summed E-state index contributed by atoms with van der Waals surface area (Å²) < 4.78 is 1.27. The minimum absolute atomic E-state index is 0.756. The molecule has 0 spiro atoms. The zero-order chi connectivity index (χ0) is 12.3. The second kappa shape index (κ2) is 5.40. The maximum atomic E-state index is 5.90. The van der Waals surface area contributed by atoms with E-state index in [1.807, 2.05) is 24.3 Å². The van der Waals surface area contributed by atoms with E-state index in [9.17, 15) is 0 Å². The number of nitrogen functional groups attached to an aromatic ring is 1. The maximum absolute atomic E-state index is 5.90. The van der Waals surface area contributed by atoms with Gasteiger partial charge in [-0.25, -0.2) is 0 Å². The lowest BCUT2D eigenvalue weighted by atomic mass is 10.1. The lowest BCUT2D eigenvalue weighted by molar-refractivity contribution is 1.15. The van der Waals surface area contributed by atoms with Crippen LogP contribution < -0.4 is 11.1 Å². The molecule has 0 fully saturated rings. The fourth-order valence-corrected chi connectivity index (χ4v) is 2.11. The van der Waals surface area contributed by atoms with Crippen LogP contribution in [0.25, 0.3) is 0 Å². The quantitative estimate of drug-likeness (QED) is 0.660. The number of nitrogens with one attached hydrogen (secondary N) is 1. The van der Waals surface area contributed by atoms with E-state index < -0.39 is 0 Å². The van der Waals surface area contributed by atoms with Crippen molar-refractivity contribution >= 4 is 34.0 Å². The summed E-state index contributed by atoms with van der Waals surface area (Å²) in [7, 11) is 0. The van der Waals surface area contributed by atoms with Gasteiger partial charge in [0.15, 0.2) is 0 Å². The van der Waals surface area contributed by atoms with Gasteiger partial charge < -0.3 is 11.1 Å². The van der Waals surface area contributed by atoms with E-state index in [0.29, 0.717) is 0 Å². The van der Waals surface area contributed by atoms with E-state index >= 15 is 0 Å². The van der Waals surface area contributed by atoms with Crippen LogP contribution in [-0.4, -0.2) is 0 Å². The van der Waals surface area contributed by atoms with Crippen molar-refractivity contribution in [2.75, 3.05) is 11.1 Å². The van der Waals surface area contributed by atoms with Crippen LogP contribution in [0.5, 0.6) is 0 Å². The number of rotatable bonds is 3. The van der Waals surface area contributed by atoms with Crippen molar-refractivity contribution < 1.29 is 0 Å². The number of nitrogens with two attached hydrogens (primary N) is 1. The summed E-state index contributed by atoms with van der Waals surface area (Å²) in [5.74, 6) is 0. The molecule has 0 bridgehead atoms. The van der Waals surface area contributed by atoms with Gasteiger partial charge in [-0.05, 0) is 58.8 Å². The lowest BCUT2D eigenvalue weighted by Gasteiger charge is -2.09. The summed E-state index contributed by atoms with van der Waals surface area (Å²) in [6, 6.07) is 14.3. The summed E-state index contributed by atoms with van der Waals surface area (Å²) in [6.07, 6.45) is 0. The molecule has 0 aromatic heterocycles. The Morgan fingerprint density at radius 1 is 1.18 bits per heavy atom. The molecule has 0 unspecified atom stereocenters. The van der Waals surface area contributed by atoms with E-state index in [1.165, 1.54) is 9.13 Å². The second-order valence-corrected chi connectivity index (χ2v) is 5.18. The average Bonchev–Trinajstić information content (AvgIpc) is 2.32. The van der Waals surface area contributed by atoms with E-state index in [1.54, 1.807) is 0 Å².